The highest BCUT2D eigenvalue weighted by molar-refractivity contribution is 9.10. The van der Waals surface area contributed by atoms with Crippen molar-refractivity contribution in [1.29, 1.82) is 0 Å². The van der Waals surface area contributed by atoms with Crippen molar-refractivity contribution in [3.63, 3.8) is 0 Å². The van der Waals surface area contributed by atoms with Gasteiger partial charge in [-0.15, -0.1) is 0 Å². The molecule has 0 saturated heterocycles. The number of esters is 1. The molecule has 0 aliphatic rings. The van der Waals surface area contributed by atoms with Gasteiger partial charge in [0.05, 0.1) is 14.2 Å². The third-order valence-corrected chi connectivity index (χ3v) is 4.13. The first-order valence-electron chi connectivity index (χ1n) is 8.20. The molecule has 2 rings (SSSR count). The van der Waals surface area contributed by atoms with Crippen LogP contribution in [0.5, 0.6) is 5.75 Å². The van der Waals surface area contributed by atoms with E-state index in [1.165, 1.54) is 13.2 Å². The molecule has 0 bridgehead atoms. The highest BCUT2D eigenvalue weighted by Gasteiger charge is 2.08. The smallest absolute Gasteiger partial charge is 0.325 e. The lowest BCUT2D eigenvalue weighted by Gasteiger charge is -2.06. The minimum Gasteiger partial charge on any atom is -0.496 e. The number of benzene rings is 2. The summed E-state index contributed by atoms with van der Waals surface area (Å²) in [5.74, 6) is -0.629. The zero-order chi connectivity index (χ0) is 20.5. The molecule has 0 unspecified atom stereocenters. The first-order valence-corrected chi connectivity index (χ1v) is 9.00. The first-order chi connectivity index (χ1) is 13.4. The molecule has 0 fully saturated rings. The monoisotopic (exact) mass is 446 g/mol. The Morgan fingerprint density at radius 1 is 1.07 bits per heavy atom. The van der Waals surface area contributed by atoms with Crippen LogP contribution in [0.2, 0.25) is 0 Å². The maximum atomic E-state index is 12.1. The van der Waals surface area contributed by atoms with E-state index in [1.807, 2.05) is 12.1 Å². The highest BCUT2D eigenvalue weighted by atomic mass is 79.9. The van der Waals surface area contributed by atoms with Crippen molar-refractivity contribution in [2.45, 2.75) is 0 Å². The van der Waals surface area contributed by atoms with Crippen molar-refractivity contribution in [3.8, 4) is 5.75 Å². The van der Waals surface area contributed by atoms with E-state index in [0.717, 1.165) is 10.0 Å². The van der Waals surface area contributed by atoms with Gasteiger partial charge in [0.25, 0.3) is 5.91 Å². The summed E-state index contributed by atoms with van der Waals surface area (Å²) in [6.45, 7) is -0.211. The molecule has 0 aliphatic heterocycles. The molecular formula is C20H19BrN2O5. The fourth-order valence-corrected chi connectivity index (χ4v) is 2.60. The Labute approximate surface area is 170 Å². The number of rotatable bonds is 7. The van der Waals surface area contributed by atoms with Gasteiger partial charge in [-0.1, -0.05) is 15.9 Å². The Morgan fingerprint density at radius 2 is 1.79 bits per heavy atom. The topological polar surface area (TPSA) is 93.7 Å². The van der Waals surface area contributed by atoms with E-state index in [2.05, 4.69) is 31.3 Å². The number of carbonyl (C=O) groups excluding carboxylic acids is 3. The molecule has 146 valence electrons. The Kier molecular flexibility index (Phi) is 7.76. The predicted molar refractivity (Wildman–Crippen MR) is 109 cm³/mol. The lowest BCUT2D eigenvalue weighted by Crippen LogP contribution is -2.30. The standard InChI is InChI=1S/C20H19BrN2O5/c1-27-17-9-6-15(21)11-14(17)5-10-18(24)23-16-7-3-13(4-8-16)20(26)22-12-19(25)28-2/h3-11H,12H2,1-2H3,(H,22,26)(H,23,24)/b10-5+. The van der Waals surface area contributed by atoms with E-state index in [-0.39, 0.29) is 12.5 Å². The summed E-state index contributed by atoms with van der Waals surface area (Å²) >= 11 is 3.38. The zero-order valence-corrected chi connectivity index (χ0v) is 16.9. The Balaban J connectivity index is 1.96. The van der Waals surface area contributed by atoms with Gasteiger partial charge in [-0.05, 0) is 48.5 Å². The number of methoxy groups -OCH3 is 2. The lowest BCUT2D eigenvalue weighted by molar-refractivity contribution is -0.139. The maximum Gasteiger partial charge on any atom is 0.325 e. The third kappa shape index (κ3) is 6.24. The summed E-state index contributed by atoms with van der Waals surface area (Å²) in [7, 11) is 2.80. The normalized spacial score (nSPS) is 10.4. The molecular weight excluding hydrogens is 428 g/mol. The van der Waals surface area contributed by atoms with Crippen LogP contribution in [-0.4, -0.2) is 38.5 Å². The van der Waals surface area contributed by atoms with Crippen molar-refractivity contribution < 1.29 is 23.9 Å². The van der Waals surface area contributed by atoms with Crippen LogP contribution < -0.4 is 15.4 Å². The molecule has 7 nitrogen and oxygen atoms in total. The largest absolute Gasteiger partial charge is 0.496 e. The van der Waals surface area contributed by atoms with Crippen LogP contribution in [0.25, 0.3) is 6.08 Å². The molecule has 2 aromatic carbocycles. The molecule has 0 radical (unpaired) electrons. The van der Waals surface area contributed by atoms with Crippen molar-refractivity contribution in [3.05, 3.63) is 64.1 Å². The average molecular weight is 447 g/mol. The number of amides is 2. The average Bonchev–Trinajstić information content (AvgIpc) is 2.70. The van der Waals surface area contributed by atoms with Crippen molar-refractivity contribution in [1.82, 2.24) is 5.32 Å². The van der Waals surface area contributed by atoms with Crippen LogP contribution in [0.4, 0.5) is 5.69 Å². The molecule has 0 spiro atoms. The molecule has 0 atom stereocenters. The van der Waals surface area contributed by atoms with E-state index in [4.69, 9.17) is 4.74 Å². The number of hydrogen-bond acceptors (Lipinski definition) is 5. The summed E-state index contributed by atoms with van der Waals surface area (Å²) in [6, 6.07) is 11.8. The van der Waals surface area contributed by atoms with Crippen LogP contribution in [0.3, 0.4) is 0 Å². The molecule has 2 N–H and O–H groups in total. The zero-order valence-electron chi connectivity index (χ0n) is 15.3. The molecule has 0 aliphatic carbocycles. The summed E-state index contributed by atoms with van der Waals surface area (Å²) in [4.78, 5) is 35.1. The lowest BCUT2D eigenvalue weighted by atomic mass is 10.1. The second-order valence-corrected chi connectivity index (χ2v) is 6.46. The number of ether oxygens (including phenoxy) is 2. The molecule has 0 heterocycles. The van der Waals surface area contributed by atoms with E-state index in [1.54, 1.807) is 43.5 Å². The van der Waals surface area contributed by atoms with Crippen molar-refractivity contribution >= 4 is 45.5 Å². The Hall–Kier alpha value is -3.13. The van der Waals surface area contributed by atoms with Gasteiger partial charge < -0.3 is 20.1 Å². The van der Waals surface area contributed by atoms with Crippen LogP contribution in [-0.2, 0) is 14.3 Å². The fourth-order valence-electron chi connectivity index (χ4n) is 2.22. The van der Waals surface area contributed by atoms with E-state index >= 15 is 0 Å². The van der Waals surface area contributed by atoms with Gasteiger partial charge in [-0.2, -0.15) is 0 Å². The molecule has 2 amide bonds. The summed E-state index contributed by atoms with van der Waals surface area (Å²) in [6.07, 6.45) is 3.04. The quantitative estimate of drug-likeness (QED) is 0.503. The van der Waals surface area contributed by atoms with Gasteiger partial charge in [-0.3, -0.25) is 14.4 Å². The predicted octanol–water partition coefficient (Wildman–Crippen LogP) is 3.01. The number of anilines is 1. The Bertz CT molecular complexity index is 894. The van der Waals surface area contributed by atoms with E-state index < -0.39 is 11.9 Å². The Morgan fingerprint density at radius 3 is 2.43 bits per heavy atom. The number of hydrogen-bond donors (Lipinski definition) is 2. The van der Waals surface area contributed by atoms with Gasteiger partial charge in [0.2, 0.25) is 5.91 Å². The van der Waals surface area contributed by atoms with Crippen molar-refractivity contribution in [2.75, 3.05) is 26.1 Å². The van der Waals surface area contributed by atoms with Crippen molar-refractivity contribution in [2.24, 2.45) is 0 Å². The van der Waals surface area contributed by atoms with Gasteiger partial charge in [0.1, 0.15) is 12.3 Å². The number of nitrogens with one attached hydrogen (secondary N) is 2. The SMILES string of the molecule is COC(=O)CNC(=O)c1ccc(NC(=O)/C=C/c2cc(Br)ccc2OC)cc1. The summed E-state index contributed by atoms with van der Waals surface area (Å²) in [5, 5.41) is 5.14. The molecule has 0 aromatic heterocycles. The second kappa shape index (κ2) is 10.3. The summed E-state index contributed by atoms with van der Waals surface area (Å²) in [5.41, 5.74) is 1.64. The first kappa shape index (κ1) is 21.2. The van der Waals surface area contributed by atoms with Crippen LogP contribution in [0, 0.1) is 0 Å². The van der Waals surface area contributed by atoms with E-state index in [0.29, 0.717) is 17.0 Å². The molecule has 2 aromatic rings. The second-order valence-electron chi connectivity index (χ2n) is 5.55. The van der Waals surface area contributed by atoms with Gasteiger partial charge >= 0.3 is 5.97 Å². The van der Waals surface area contributed by atoms with Gasteiger partial charge in [-0.25, -0.2) is 0 Å². The van der Waals surface area contributed by atoms with Gasteiger partial charge in [0, 0.05) is 27.4 Å². The van der Waals surface area contributed by atoms with E-state index in [9.17, 15) is 14.4 Å². The highest BCUT2D eigenvalue weighted by Crippen LogP contribution is 2.24. The van der Waals surface area contributed by atoms with Gasteiger partial charge in [0.15, 0.2) is 0 Å². The number of carbonyl (C=O) groups is 3. The minimum atomic E-state index is -0.536. The maximum absolute atomic E-state index is 12.1. The summed E-state index contributed by atoms with van der Waals surface area (Å²) < 4.78 is 10.6. The molecule has 28 heavy (non-hydrogen) atoms. The van der Waals surface area contributed by atoms with Crippen LogP contribution in [0.15, 0.2) is 53.0 Å². The molecule has 0 saturated carbocycles. The van der Waals surface area contributed by atoms with Crippen LogP contribution >= 0.6 is 15.9 Å². The minimum absolute atomic E-state index is 0.211. The molecule has 8 heteroatoms. The third-order valence-electron chi connectivity index (χ3n) is 3.64. The fraction of sp³-hybridized carbons (Fsp3) is 0.150. The number of halogens is 1. The van der Waals surface area contributed by atoms with Crippen LogP contribution in [0.1, 0.15) is 15.9 Å².